The van der Waals surface area contributed by atoms with Gasteiger partial charge in [0, 0.05) is 5.41 Å². The van der Waals surface area contributed by atoms with Gasteiger partial charge in [0.2, 0.25) is 0 Å². The quantitative estimate of drug-likeness (QED) is 0.578. The molecule has 2 fully saturated rings. The normalized spacial score (nSPS) is 36.7. The summed E-state index contributed by atoms with van der Waals surface area (Å²) < 4.78 is 5.67. The minimum atomic E-state index is -0.350. The van der Waals surface area contributed by atoms with Gasteiger partial charge in [0.15, 0.2) is 0 Å². The fourth-order valence-corrected chi connectivity index (χ4v) is 2.57. The van der Waals surface area contributed by atoms with Crippen molar-refractivity contribution in [3.63, 3.8) is 0 Å². The Bertz CT molecular complexity index is 197. The zero-order valence-electron chi connectivity index (χ0n) is 8.47. The Kier molecular flexibility index (Phi) is 2.13. The molecular formula is C10H19NO2. The molecule has 2 heterocycles. The Balaban J connectivity index is 2.15. The van der Waals surface area contributed by atoms with Crippen LogP contribution < -0.4 is 5.32 Å². The van der Waals surface area contributed by atoms with Crippen LogP contribution in [0.3, 0.4) is 0 Å². The van der Waals surface area contributed by atoms with Gasteiger partial charge >= 0.3 is 0 Å². The number of hydrogen-bond donors (Lipinski definition) is 2. The van der Waals surface area contributed by atoms with Gasteiger partial charge in [0.05, 0.1) is 18.3 Å². The van der Waals surface area contributed by atoms with E-state index in [1.54, 1.807) is 0 Å². The van der Waals surface area contributed by atoms with Crippen LogP contribution in [-0.2, 0) is 4.74 Å². The number of hydrogen-bond acceptors (Lipinski definition) is 3. The first-order valence-electron chi connectivity index (χ1n) is 5.10. The SMILES string of the molecule is CC1(C)OCC2(CCNCC2)C1O. The lowest BCUT2D eigenvalue weighted by molar-refractivity contribution is -0.0410. The van der Waals surface area contributed by atoms with Gasteiger partial charge < -0.3 is 15.2 Å². The van der Waals surface area contributed by atoms with Crippen LogP contribution in [0.2, 0.25) is 0 Å². The van der Waals surface area contributed by atoms with Gasteiger partial charge in [0.25, 0.3) is 0 Å². The second kappa shape index (κ2) is 2.94. The largest absolute Gasteiger partial charge is 0.389 e. The molecule has 1 spiro atoms. The van der Waals surface area contributed by atoms with Crippen molar-refractivity contribution in [1.82, 2.24) is 5.32 Å². The zero-order chi connectivity index (χ0) is 9.53. The van der Waals surface area contributed by atoms with Crippen LogP contribution in [0.1, 0.15) is 26.7 Å². The van der Waals surface area contributed by atoms with Crippen molar-refractivity contribution >= 4 is 0 Å². The van der Waals surface area contributed by atoms with Crippen LogP contribution in [0.4, 0.5) is 0 Å². The third-order valence-electron chi connectivity index (χ3n) is 3.57. The Morgan fingerprint density at radius 1 is 1.31 bits per heavy atom. The van der Waals surface area contributed by atoms with Gasteiger partial charge in [-0.15, -0.1) is 0 Å². The summed E-state index contributed by atoms with van der Waals surface area (Å²) in [6.45, 7) is 6.71. The lowest BCUT2D eigenvalue weighted by Crippen LogP contribution is -2.47. The first kappa shape index (κ1) is 9.44. The third kappa shape index (κ3) is 1.39. The maximum atomic E-state index is 10.2. The zero-order valence-corrected chi connectivity index (χ0v) is 8.47. The van der Waals surface area contributed by atoms with Crippen molar-refractivity contribution in [3.05, 3.63) is 0 Å². The smallest absolute Gasteiger partial charge is 0.0903 e. The lowest BCUT2D eigenvalue weighted by atomic mass is 9.72. The minimum Gasteiger partial charge on any atom is -0.389 e. The summed E-state index contributed by atoms with van der Waals surface area (Å²) in [5.74, 6) is 0. The van der Waals surface area contributed by atoms with Crippen molar-refractivity contribution in [3.8, 4) is 0 Å². The summed E-state index contributed by atoms with van der Waals surface area (Å²) in [4.78, 5) is 0. The van der Waals surface area contributed by atoms with Crippen molar-refractivity contribution in [2.45, 2.75) is 38.4 Å². The third-order valence-corrected chi connectivity index (χ3v) is 3.57. The second-order valence-corrected chi connectivity index (χ2v) is 4.91. The summed E-state index contributed by atoms with van der Waals surface area (Å²) in [5.41, 5.74) is -0.313. The predicted molar refractivity (Wildman–Crippen MR) is 50.6 cm³/mol. The van der Waals surface area contributed by atoms with E-state index in [1.807, 2.05) is 13.8 Å². The fourth-order valence-electron chi connectivity index (χ4n) is 2.57. The molecule has 0 aromatic heterocycles. The van der Waals surface area contributed by atoms with Gasteiger partial charge in [-0.1, -0.05) is 0 Å². The summed E-state index contributed by atoms with van der Waals surface area (Å²) in [6.07, 6.45) is 1.77. The topological polar surface area (TPSA) is 41.5 Å². The maximum Gasteiger partial charge on any atom is 0.0903 e. The van der Waals surface area contributed by atoms with Crippen LogP contribution >= 0.6 is 0 Å². The van der Waals surface area contributed by atoms with E-state index < -0.39 is 0 Å². The van der Waals surface area contributed by atoms with E-state index in [0.29, 0.717) is 0 Å². The summed E-state index contributed by atoms with van der Waals surface area (Å²) in [7, 11) is 0. The molecule has 3 heteroatoms. The number of rotatable bonds is 0. The molecule has 2 aliphatic heterocycles. The molecule has 13 heavy (non-hydrogen) atoms. The van der Waals surface area contributed by atoms with Crippen LogP contribution in [-0.4, -0.2) is 36.5 Å². The van der Waals surface area contributed by atoms with E-state index in [0.717, 1.165) is 32.5 Å². The molecule has 2 saturated heterocycles. The highest BCUT2D eigenvalue weighted by Gasteiger charge is 2.53. The van der Waals surface area contributed by atoms with Crippen molar-refractivity contribution in [2.24, 2.45) is 5.41 Å². The molecule has 0 bridgehead atoms. The first-order chi connectivity index (χ1) is 6.07. The maximum absolute atomic E-state index is 10.2. The summed E-state index contributed by atoms with van der Waals surface area (Å²) in [5, 5.41) is 13.5. The second-order valence-electron chi connectivity index (χ2n) is 4.91. The standard InChI is InChI=1S/C10H19NO2/c1-9(2)8(12)10(7-13-9)3-5-11-6-4-10/h8,11-12H,3-7H2,1-2H3. The molecule has 2 aliphatic rings. The van der Waals surface area contributed by atoms with Gasteiger partial charge in [-0.05, 0) is 39.8 Å². The molecule has 0 radical (unpaired) electrons. The average Bonchev–Trinajstić information content (AvgIpc) is 2.33. The van der Waals surface area contributed by atoms with E-state index in [-0.39, 0.29) is 17.1 Å². The Hall–Kier alpha value is -0.120. The van der Waals surface area contributed by atoms with Crippen molar-refractivity contribution < 1.29 is 9.84 Å². The molecule has 2 rings (SSSR count). The number of ether oxygens (including phenoxy) is 1. The molecule has 0 amide bonds. The Labute approximate surface area is 79.5 Å². The van der Waals surface area contributed by atoms with E-state index in [9.17, 15) is 5.11 Å². The van der Waals surface area contributed by atoms with E-state index >= 15 is 0 Å². The monoisotopic (exact) mass is 185 g/mol. The molecule has 76 valence electrons. The van der Waals surface area contributed by atoms with Gasteiger partial charge in [-0.25, -0.2) is 0 Å². The van der Waals surface area contributed by atoms with Crippen LogP contribution in [0.5, 0.6) is 0 Å². The number of aliphatic hydroxyl groups is 1. The van der Waals surface area contributed by atoms with E-state index in [1.165, 1.54) is 0 Å². The molecule has 1 atom stereocenters. The molecule has 1 unspecified atom stereocenters. The molecule has 0 saturated carbocycles. The Morgan fingerprint density at radius 3 is 2.38 bits per heavy atom. The fraction of sp³-hybridized carbons (Fsp3) is 1.00. The lowest BCUT2D eigenvalue weighted by Gasteiger charge is -2.37. The highest BCUT2D eigenvalue weighted by Crippen LogP contribution is 2.45. The van der Waals surface area contributed by atoms with Crippen LogP contribution in [0.15, 0.2) is 0 Å². The van der Waals surface area contributed by atoms with Crippen LogP contribution in [0.25, 0.3) is 0 Å². The summed E-state index contributed by atoms with van der Waals surface area (Å²) >= 11 is 0. The highest BCUT2D eigenvalue weighted by molar-refractivity contribution is 5.02. The molecule has 3 nitrogen and oxygen atoms in total. The predicted octanol–water partition coefficient (Wildman–Crippen LogP) is 0.526. The number of piperidine rings is 1. The highest BCUT2D eigenvalue weighted by atomic mass is 16.5. The first-order valence-corrected chi connectivity index (χ1v) is 5.10. The molecule has 0 aliphatic carbocycles. The molecule has 2 N–H and O–H groups in total. The molecule has 0 aromatic rings. The summed E-state index contributed by atoms with van der Waals surface area (Å²) in [6, 6.07) is 0. The molecule has 0 aromatic carbocycles. The number of aliphatic hydroxyl groups excluding tert-OH is 1. The van der Waals surface area contributed by atoms with Gasteiger partial charge in [-0.2, -0.15) is 0 Å². The molecular weight excluding hydrogens is 166 g/mol. The van der Waals surface area contributed by atoms with Crippen LogP contribution in [0, 0.1) is 5.41 Å². The number of nitrogens with one attached hydrogen (secondary N) is 1. The Morgan fingerprint density at radius 2 is 1.92 bits per heavy atom. The van der Waals surface area contributed by atoms with E-state index in [2.05, 4.69) is 5.32 Å². The van der Waals surface area contributed by atoms with Crippen molar-refractivity contribution in [2.75, 3.05) is 19.7 Å². The van der Waals surface area contributed by atoms with Gasteiger partial charge in [-0.3, -0.25) is 0 Å². The van der Waals surface area contributed by atoms with Crippen molar-refractivity contribution in [1.29, 1.82) is 0 Å². The van der Waals surface area contributed by atoms with Gasteiger partial charge in [0.1, 0.15) is 0 Å². The van der Waals surface area contributed by atoms with E-state index in [4.69, 9.17) is 4.74 Å². The average molecular weight is 185 g/mol. The minimum absolute atomic E-state index is 0.0365.